The minimum absolute atomic E-state index is 0.409. The van der Waals surface area contributed by atoms with E-state index in [1.165, 1.54) is 16.0 Å². The maximum atomic E-state index is 5.93. The first-order valence-electron chi connectivity index (χ1n) is 6.23. The summed E-state index contributed by atoms with van der Waals surface area (Å²) in [4.78, 5) is 1.28. The van der Waals surface area contributed by atoms with Crippen LogP contribution in [0.2, 0.25) is 4.34 Å². The summed E-state index contributed by atoms with van der Waals surface area (Å²) in [5.41, 5.74) is 2.66. The fourth-order valence-corrected chi connectivity index (χ4v) is 3.01. The lowest BCUT2D eigenvalue weighted by atomic mass is 10.0. The Bertz CT molecular complexity index is 489. The summed E-state index contributed by atoms with van der Waals surface area (Å²) >= 11 is 7.58. The highest BCUT2D eigenvalue weighted by atomic mass is 35.5. The molecule has 0 aliphatic carbocycles. The largest absolute Gasteiger partial charge is 0.305 e. The number of benzene rings is 1. The van der Waals surface area contributed by atoms with Crippen LogP contribution < -0.4 is 5.32 Å². The van der Waals surface area contributed by atoms with Crippen LogP contribution in [0.5, 0.6) is 0 Å². The average molecular weight is 280 g/mol. The van der Waals surface area contributed by atoms with Crippen molar-refractivity contribution >= 4 is 22.9 Å². The molecule has 0 aliphatic heterocycles. The molecule has 0 bridgehead atoms. The second-order valence-electron chi connectivity index (χ2n) is 4.46. The van der Waals surface area contributed by atoms with Gasteiger partial charge >= 0.3 is 0 Å². The fraction of sp³-hybridized carbons (Fsp3) is 0.333. The third-order valence-corrected chi connectivity index (χ3v) is 4.27. The van der Waals surface area contributed by atoms with E-state index in [1.807, 2.05) is 6.07 Å². The SMILES string of the molecule is CCC(NCc1ccc(Cl)s1)c1ccc(C)cc1. The highest BCUT2D eigenvalue weighted by Gasteiger charge is 2.08. The van der Waals surface area contributed by atoms with Gasteiger partial charge in [-0.05, 0) is 31.0 Å². The quantitative estimate of drug-likeness (QED) is 0.816. The minimum atomic E-state index is 0.409. The lowest BCUT2D eigenvalue weighted by Gasteiger charge is -2.17. The van der Waals surface area contributed by atoms with Gasteiger partial charge in [-0.25, -0.2) is 0 Å². The van der Waals surface area contributed by atoms with Crippen LogP contribution in [0, 0.1) is 6.92 Å². The molecule has 0 saturated carbocycles. The van der Waals surface area contributed by atoms with Gasteiger partial charge in [-0.15, -0.1) is 11.3 Å². The third-order valence-electron chi connectivity index (χ3n) is 3.04. The zero-order valence-corrected chi connectivity index (χ0v) is 12.3. The van der Waals surface area contributed by atoms with E-state index in [4.69, 9.17) is 11.6 Å². The normalized spacial score (nSPS) is 12.6. The van der Waals surface area contributed by atoms with Gasteiger partial charge in [-0.2, -0.15) is 0 Å². The second-order valence-corrected chi connectivity index (χ2v) is 6.26. The average Bonchev–Trinajstić information content (AvgIpc) is 2.78. The number of nitrogens with one attached hydrogen (secondary N) is 1. The summed E-state index contributed by atoms with van der Waals surface area (Å²) in [6.45, 7) is 5.20. The summed E-state index contributed by atoms with van der Waals surface area (Å²) in [6, 6.07) is 13.2. The maximum Gasteiger partial charge on any atom is 0.0931 e. The van der Waals surface area contributed by atoms with Gasteiger partial charge in [0.2, 0.25) is 0 Å². The molecule has 2 aromatic rings. The zero-order chi connectivity index (χ0) is 13.0. The van der Waals surface area contributed by atoms with Crippen molar-refractivity contribution in [1.82, 2.24) is 5.32 Å². The zero-order valence-electron chi connectivity index (χ0n) is 10.7. The van der Waals surface area contributed by atoms with E-state index >= 15 is 0 Å². The Morgan fingerprint density at radius 2 is 1.89 bits per heavy atom. The maximum absolute atomic E-state index is 5.93. The fourth-order valence-electron chi connectivity index (χ4n) is 1.97. The molecule has 1 aromatic carbocycles. The molecule has 96 valence electrons. The Hall–Kier alpha value is -0.830. The van der Waals surface area contributed by atoms with Crippen LogP contribution in [0.15, 0.2) is 36.4 Å². The van der Waals surface area contributed by atoms with E-state index < -0.39 is 0 Å². The van der Waals surface area contributed by atoms with E-state index in [2.05, 4.69) is 49.5 Å². The van der Waals surface area contributed by atoms with E-state index in [9.17, 15) is 0 Å². The Morgan fingerprint density at radius 1 is 1.17 bits per heavy atom. The molecule has 1 N–H and O–H groups in total. The molecule has 0 amide bonds. The Kier molecular flexibility index (Phi) is 4.81. The predicted octanol–water partition coefficient (Wildman–Crippen LogP) is 4.95. The molecule has 0 fully saturated rings. The van der Waals surface area contributed by atoms with Crippen molar-refractivity contribution in [3.8, 4) is 0 Å². The predicted molar refractivity (Wildman–Crippen MR) is 80.4 cm³/mol. The standard InChI is InChI=1S/C15H18ClNS/c1-3-14(12-6-4-11(2)5-7-12)17-10-13-8-9-15(16)18-13/h4-9,14,17H,3,10H2,1-2H3. The van der Waals surface area contributed by atoms with E-state index in [0.29, 0.717) is 6.04 Å². The number of hydrogen-bond donors (Lipinski definition) is 1. The molecular weight excluding hydrogens is 262 g/mol. The van der Waals surface area contributed by atoms with Crippen LogP contribution in [-0.4, -0.2) is 0 Å². The van der Waals surface area contributed by atoms with Crippen LogP contribution in [0.25, 0.3) is 0 Å². The molecular formula is C15H18ClNS. The van der Waals surface area contributed by atoms with Gasteiger partial charge in [0, 0.05) is 17.5 Å². The summed E-state index contributed by atoms with van der Waals surface area (Å²) < 4.78 is 0.857. The van der Waals surface area contributed by atoms with Crippen molar-refractivity contribution in [2.75, 3.05) is 0 Å². The number of hydrogen-bond acceptors (Lipinski definition) is 2. The first-order valence-corrected chi connectivity index (χ1v) is 7.42. The molecule has 1 heterocycles. The van der Waals surface area contributed by atoms with Crippen molar-refractivity contribution in [3.63, 3.8) is 0 Å². The van der Waals surface area contributed by atoms with E-state index in [0.717, 1.165) is 17.3 Å². The van der Waals surface area contributed by atoms with Crippen LogP contribution in [0.1, 0.15) is 35.4 Å². The number of rotatable bonds is 5. The van der Waals surface area contributed by atoms with Gasteiger partial charge < -0.3 is 5.32 Å². The van der Waals surface area contributed by atoms with Crippen LogP contribution in [0.4, 0.5) is 0 Å². The van der Waals surface area contributed by atoms with Crippen molar-refractivity contribution < 1.29 is 0 Å². The molecule has 2 rings (SSSR count). The van der Waals surface area contributed by atoms with Crippen LogP contribution >= 0.6 is 22.9 Å². The third kappa shape index (κ3) is 3.58. The molecule has 0 spiro atoms. The summed E-state index contributed by atoms with van der Waals surface area (Å²) in [6.07, 6.45) is 1.09. The van der Waals surface area contributed by atoms with Crippen LogP contribution in [0.3, 0.4) is 0 Å². The summed E-state index contributed by atoms with van der Waals surface area (Å²) in [7, 11) is 0. The summed E-state index contributed by atoms with van der Waals surface area (Å²) in [5, 5.41) is 3.59. The van der Waals surface area contributed by atoms with Gasteiger partial charge in [-0.1, -0.05) is 48.4 Å². The number of thiophene rings is 1. The van der Waals surface area contributed by atoms with E-state index in [1.54, 1.807) is 11.3 Å². The number of aryl methyl sites for hydroxylation is 1. The minimum Gasteiger partial charge on any atom is -0.305 e. The molecule has 0 aliphatic rings. The lowest BCUT2D eigenvalue weighted by molar-refractivity contribution is 0.522. The number of halogens is 1. The van der Waals surface area contributed by atoms with Gasteiger partial charge in [0.25, 0.3) is 0 Å². The Morgan fingerprint density at radius 3 is 2.44 bits per heavy atom. The Balaban J connectivity index is 1.99. The van der Waals surface area contributed by atoms with Gasteiger partial charge in [0.05, 0.1) is 4.34 Å². The monoisotopic (exact) mass is 279 g/mol. The van der Waals surface area contributed by atoms with E-state index in [-0.39, 0.29) is 0 Å². The summed E-state index contributed by atoms with van der Waals surface area (Å²) in [5.74, 6) is 0. The highest BCUT2D eigenvalue weighted by molar-refractivity contribution is 7.16. The van der Waals surface area contributed by atoms with Gasteiger partial charge in [0.1, 0.15) is 0 Å². The molecule has 1 aromatic heterocycles. The van der Waals surface area contributed by atoms with Crippen molar-refractivity contribution in [1.29, 1.82) is 0 Å². The highest BCUT2D eigenvalue weighted by Crippen LogP contribution is 2.23. The van der Waals surface area contributed by atoms with Crippen molar-refractivity contribution in [2.24, 2.45) is 0 Å². The van der Waals surface area contributed by atoms with Crippen molar-refractivity contribution in [2.45, 2.75) is 32.9 Å². The molecule has 1 unspecified atom stereocenters. The molecule has 3 heteroatoms. The van der Waals surface area contributed by atoms with Gasteiger partial charge in [0.15, 0.2) is 0 Å². The van der Waals surface area contributed by atoms with Crippen molar-refractivity contribution in [3.05, 3.63) is 56.7 Å². The topological polar surface area (TPSA) is 12.0 Å². The molecule has 1 atom stereocenters. The lowest BCUT2D eigenvalue weighted by Crippen LogP contribution is -2.19. The smallest absolute Gasteiger partial charge is 0.0931 e. The van der Waals surface area contributed by atoms with Crippen LogP contribution in [-0.2, 0) is 6.54 Å². The first-order chi connectivity index (χ1) is 8.69. The molecule has 0 saturated heterocycles. The molecule has 1 nitrogen and oxygen atoms in total. The Labute approximate surface area is 118 Å². The second kappa shape index (κ2) is 6.37. The molecule has 18 heavy (non-hydrogen) atoms. The molecule has 0 radical (unpaired) electrons. The first kappa shape index (κ1) is 13.6. The van der Waals surface area contributed by atoms with Gasteiger partial charge in [-0.3, -0.25) is 0 Å².